The molecule has 0 bridgehead atoms. The number of guanidine groups is 1. The van der Waals surface area contributed by atoms with Gasteiger partial charge in [-0.3, -0.25) is 9.79 Å². The maximum atomic E-state index is 11.7. The van der Waals surface area contributed by atoms with E-state index in [9.17, 15) is 4.79 Å². The Kier molecular flexibility index (Phi) is 8.36. The molecule has 0 saturated heterocycles. The number of hydrogen-bond acceptors (Lipinski definition) is 2. The average molecular weight is 430 g/mol. The highest BCUT2D eigenvalue weighted by atomic mass is 127. The molecule has 1 amide bonds. The zero-order chi connectivity index (χ0) is 15.9. The van der Waals surface area contributed by atoms with E-state index in [0.717, 1.165) is 25.5 Å². The minimum absolute atomic E-state index is 0. The summed E-state index contributed by atoms with van der Waals surface area (Å²) in [6, 6.07) is 8.59. The Hall–Kier alpha value is -1.31. The minimum Gasteiger partial charge on any atom is -0.356 e. The maximum Gasteiger partial charge on any atom is 0.222 e. The van der Waals surface area contributed by atoms with Crippen LogP contribution < -0.4 is 15.5 Å². The first-order chi connectivity index (χ1) is 10.6. The van der Waals surface area contributed by atoms with Crippen molar-refractivity contribution in [2.45, 2.75) is 39.7 Å². The number of carbonyl (C=O) groups excluding carboxylic acids is 1. The fourth-order valence-electron chi connectivity index (χ4n) is 2.61. The summed E-state index contributed by atoms with van der Waals surface area (Å²) in [6.07, 6.45) is 1.46. The van der Waals surface area contributed by atoms with E-state index in [0.29, 0.717) is 13.0 Å². The van der Waals surface area contributed by atoms with E-state index in [1.54, 1.807) is 0 Å². The normalized spacial score (nSPS) is 13.6. The summed E-state index contributed by atoms with van der Waals surface area (Å²) in [5.41, 5.74) is 2.57. The van der Waals surface area contributed by atoms with Crippen molar-refractivity contribution in [1.82, 2.24) is 10.6 Å². The second-order valence-corrected chi connectivity index (χ2v) is 5.74. The molecule has 0 radical (unpaired) electrons. The number of anilines is 1. The molecule has 2 rings (SSSR count). The number of halogens is 1. The Labute approximate surface area is 156 Å². The summed E-state index contributed by atoms with van der Waals surface area (Å²) in [5, 5.41) is 6.22. The number of rotatable bonds is 5. The van der Waals surface area contributed by atoms with E-state index in [1.165, 1.54) is 11.3 Å². The molecular weight excluding hydrogens is 403 g/mol. The van der Waals surface area contributed by atoms with Gasteiger partial charge in [-0.2, -0.15) is 0 Å². The fourth-order valence-corrected chi connectivity index (χ4v) is 2.61. The molecule has 2 N–H and O–H groups in total. The largest absolute Gasteiger partial charge is 0.356 e. The number of hydrogen-bond donors (Lipinski definition) is 2. The molecule has 6 heteroatoms. The SMILES string of the molecule is CCNC(=NCCC(=O)NC(C)C)N1CCc2ccccc21.I. The first-order valence-electron chi connectivity index (χ1n) is 8.05. The van der Waals surface area contributed by atoms with Crippen molar-refractivity contribution in [2.24, 2.45) is 4.99 Å². The molecule has 1 aromatic rings. The lowest BCUT2D eigenvalue weighted by atomic mass is 10.2. The summed E-state index contributed by atoms with van der Waals surface area (Å²) in [4.78, 5) is 18.5. The quantitative estimate of drug-likeness (QED) is 0.429. The molecule has 1 aliphatic heterocycles. The van der Waals surface area contributed by atoms with Crippen molar-refractivity contribution in [1.29, 1.82) is 0 Å². The van der Waals surface area contributed by atoms with Crippen molar-refractivity contribution in [3.8, 4) is 0 Å². The first kappa shape index (κ1) is 19.7. The zero-order valence-electron chi connectivity index (χ0n) is 14.1. The number of para-hydroxylation sites is 1. The molecule has 1 aliphatic rings. The van der Waals surface area contributed by atoms with Gasteiger partial charge in [-0.05, 0) is 38.8 Å². The molecular formula is C17H27IN4O. The van der Waals surface area contributed by atoms with Crippen molar-refractivity contribution in [2.75, 3.05) is 24.5 Å². The smallest absolute Gasteiger partial charge is 0.222 e. The lowest BCUT2D eigenvalue weighted by molar-refractivity contribution is -0.121. The molecule has 0 aromatic heterocycles. The monoisotopic (exact) mass is 430 g/mol. The third kappa shape index (κ3) is 5.67. The molecule has 128 valence electrons. The zero-order valence-corrected chi connectivity index (χ0v) is 16.5. The summed E-state index contributed by atoms with van der Waals surface area (Å²) >= 11 is 0. The van der Waals surface area contributed by atoms with Gasteiger partial charge in [0.2, 0.25) is 5.91 Å². The van der Waals surface area contributed by atoms with Crippen LogP contribution in [0.15, 0.2) is 29.3 Å². The summed E-state index contributed by atoms with van der Waals surface area (Å²) in [5.74, 6) is 0.918. The Morgan fingerprint density at radius 2 is 2.09 bits per heavy atom. The van der Waals surface area contributed by atoms with Crippen LogP contribution in [0.3, 0.4) is 0 Å². The van der Waals surface area contributed by atoms with Crippen LogP contribution in [-0.2, 0) is 11.2 Å². The summed E-state index contributed by atoms with van der Waals surface area (Å²) in [7, 11) is 0. The standard InChI is InChI=1S/C17H26N4O.HI/c1-4-18-17(19-11-9-16(22)20-13(2)3)21-12-10-14-7-5-6-8-15(14)21;/h5-8,13H,4,9-12H2,1-3H3,(H,18,19)(H,20,22);1H. The third-order valence-corrected chi connectivity index (χ3v) is 3.53. The number of fused-ring (bicyclic) bond motifs is 1. The molecule has 0 spiro atoms. The number of aliphatic imine (C=N–C) groups is 1. The lowest BCUT2D eigenvalue weighted by Crippen LogP contribution is -2.41. The number of benzene rings is 1. The van der Waals surface area contributed by atoms with Gasteiger partial charge in [0.1, 0.15) is 0 Å². The topological polar surface area (TPSA) is 56.7 Å². The van der Waals surface area contributed by atoms with E-state index < -0.39 is 0 Å². The summed E-state index contributed by atoms with van der Waals surface area (Å²) in [6.45, 7) is 8.24. The van der Waals surface area contributed by atoms with Gasteiger partial charge in [0.15, 0.2) is 5.96 Å². The molecule has 23 heavy (non-hydrogen) atoms. The van der Waals surface area contributed by atoms with Crippen molar-refractivity contribution in [3.05, 3.63) is 29.8 Å². The number of amides is 1. The third-order valence-electron chi connectivity index (χ3n) is 3.53. The van der Waals surface area contributed by atoms with Crippen LogP contribution in [0.4, 0.5) is 5.69 Å². The molecule has 1 aromatic carbocycles. The Morgan fingerprint density at radius 3 is 2.78 bits per heavy atom. The predicted octanol–water partition coefficient (Wildman–Crippen LogP) is 2.55. The molecule has 0 fully saturated rings. The van der Waals surface area contributed by atoms with Crippen LogP contribution in [0.5, 0.6) is 0 Å². The van der Waals surface area contributed by atoms with Crippen LogP contribution in [0, 0.1) is 0 Å². The second kappa shape index (κ2) is 9.75. The fraction of sp³-hybridized carbons (Fsp3) is 0.529. The van der Waals surface area contributed by atoms with Gasteiger partial charge in [0, 0.05) is 31.2 Å². The molecule has 0 atom stereocenters. The number of carbonyl (C=O) groups is 1. The van der Waals surface area contributed by atoms with Crippen LogP contribution in [0.2, 0.25) is 0 Å². The molecule has 0 aliphatic carbocycles. The molecule has 1 heterocycles. The van der Waals surface area contributed by atoms with E-state index in [2.05, 4.69) is 51.7 Å². The average Bonchev–Trinajstić information content (AvgIpc) is 2.89. The van der Waals surface area contributed by atoms with Crippen LogP contribution in [-0.4, -0.2) is 37.5 Å². The molecule has 0 saturated carbocycles. The minimum atomic E-state index is 0. The van der Waals surface area contributed by atoms with Gasteiger partial charge >= 0.3 is 0 Å². The second-order valence-electron chi connectivity index (χ2n) is 5.74. The van der Waals surface area contributed by atoms with Gasteiger partial charge in [0.25, 0.3) is 0 Å². The Bertz CT molecular complexity index is 545. The van der Waals surface area contributed by atoms with E-state index in [4.69, 9.17) is 0 Å². The van der Waals surface area contributed by atoms with Gasteiger partial charge in [-0.1, -0.05) is 18.2 Å². The van der Waals surface area contributed by atoms with Crippen LogP contribution in [0.25, 0.3) is 0 Å². The molecule has 5 nitrogen and oxygen atoms in total. The number of nitrogens with one attached hydrogen (secondary N) is 2. The van der Waals surface area contributed by atoms with Gasteiger partial charge in [-0.15, -0.1) is 24.0 Å². The maximum absolute atomic E-state index is 11.7. The van der Waals surface area contributed by atoms with E-state index in [1.807, 2.05) is 13.8 Å². The molecule has 0 unspecified atom stereocenters. The number of nitrogens with zero attached hydrogens (tertiary/aromatic N) is 2. The highest BCUT2D eigenvalue weighted by Crippen LogP contribution is 2.27. The Morgan fingerprint density at radius 1 is 1.35 bits per heavy atom. The van der Waals surface area contributed by atoms with Crippen LogP contribution in [0.1, 0.15) is 32.8 Å². The van der Waals surface area contributed by atoms with E-state index >= 15 is 0 Å². The van der Waals surface area contributed by atoms with Crippen LogP contribution >= 0.6 is 24.0 Å². The van der Waals surface area contributed by atoms with Crippen molar-refractivity contribution in [3.63, 3.8) is 0 Å². The first-order valence-corrected chi connectivity index (χ1v) is 8.05. The predicted molar refractivity (Wildman–Crippen MR) is 107 cm³/mol. The Balaban J connectivity index is 0.00000264. The lowest BCUT2D eigenvalue weighted by Gasteiger charge is -2.22. The summed E-state index contributed by atoms with van der Waals surface area (Å²) < 4.78 is 0. The van der Waals surface area contributed by atoms with Crippen molar-refractivity contribution < 1.29 is 4.79 Å². The van der Waals surface area contributed by atoms with Gasteiger partial charge in [-0.25, -0.2) is 0 Å². The highest BCUT2D eigenvalue weighted by molar-refractivity contribution is 14.0. The van der Waals surface area contributed by atoms with Crippen molar-refractivity contribution >= 4 is 41.5 Å². The highest BCUT2D eigenvalue weighted by Gasteiger charge is 2.22. The van der Waals surface area contributed by atoms with E-state index in [-0.39, 0.29) is 35.9 Å². The van der Waals surface area contributed by atoms with Gasteiger partial charge < -0.3 is 15.5 Å². The van der Waals surface area contributed by atoms with Gasteiger partial charge in [0.05, 0.1) is 6.54 Å².